The van der Waals surface area contributed by atoms with Crippen LogP contribution in [0, 0.1) is 0 Å². The van der Waals surface area contributed by atoms with Gasteiger partial charge in [0, 0.05) is 13.2 Å². The lowest BCUT2D eigenvalue weighted by molar-refractivity contribution is -0.00431. The van der Waals surface area contributed by atoms with Crippen molar-refractivity contribution >= 4 is 0 Å². The van der Waals surface area contributed by atoms with Gasteiger partial charge in [-0.3, -0.25) is 0 Å². The normalized spacial score (nSPS) is 13.2. The van der Waals surface area contributed by atoms with Gasteiger partial charge in [-0.05, 0) is 33.2 Å². The molecule has 1 atom stereocenters. The number of nitrogens with two attached hydrogens (primary N) is 1. The SMILES string of the molecule is CCOCC(C)OCCCCN. The number of rotatable bonds is 8. The molecule has 0 aromatic carbocycles. The zero-order chi connectivity index (χ0) is 9.23. The topological polar surface area (TPSA) is 44.5 Å². The first kappa shape index (κ1) is 11.9. The third-order valence-electron chi connectivity index (χ3n) is 1.56. The van der Waals surface area contributed by atoms with Crippen LogP contribution >= 0.6 is 0 Å². The Morgan fingerprint density at radius 1 is 1.33 bits per heavy atom. The smallest absolute Gasteiger partial charge is 0.0780 e. The molecule has 3 heteroatoms. The highest BCUT2D eigenvalue weighted by Crippen LogP contribution is 1.95. The van der Waals surface area contributed by atoms with E-state index in [0.717, 1.165) is 32.6 Å². The summed E-state index contributed by atoms with van der Waals surface area (Å²) >= 11 is 0. The lowest BCUT2D eigenvalue weighted by Gasteiger charge is -2.12. The molecule has 2 N–H and O–H groups in total. The van der Waals surface area contributed by atoms with E-state index in [2.05, 4.69) is 0 Å². The first-order valence-corrected chi connectivity index (χ1v) is 4.70. The predicted molar refractivity (Wildman–Crippen MR) is 50.2 cm³/mol. The van der Waals surface area contributed by atoms with Gasteiger partial charge in [0.25, 0.3) is 0 Å². The van der Waals surface area contributed by atoms with Gasteiger partial charge in [0.2, 0.25) is 0 Å². The van der Waals surface area contributed by atoms with Gasteiger partial charge < -0.3 is 15.2 Å². The minimum Gasteiger partial charge on any atom is -0.379 e. The Morgan fingerprint density at radius 2 is 2.08 bits per heavy atom. The monoisotopic (exact) mass is 175 g/mol. The maximum Gasteiger partial charge on any atom is 0.0780 e. The van der Waals surface area contributed by atoms with Crippen molar-refractivity contribution < 1.29 is 9.47 Å². The molecule has 0 aliphatic carbocycles. The summed E-state index contributed by atoms with van der Waals surface area (Å²) in [7, 11) is 0. The van der Waals surface area contributed by atoms with Gasteiger partial charge in [0.1, 0.15) is 0 Å². The lowest BCUT2D eigenvalue weighted by atomic mass is 10.3. The lowest BCUT2D eigenvalue weighted by Crippen LogP contribution is -2.17. The fourth-order valence-corrected chi connectivity index (χ4v) is 0.863. The summed E-state index contributed by atoms with van der Waals surface area (Å²) in [5.41, 5.74) is 5.35. The average Bonchev–Trinajstić information content (AvgIpc) is 2.09. The van der Waals surface area contributed by atoms with Crippen molar-refractivity contribution in [1.82, 2.24) is 0 Å². The Labute approximate surface area is 75.2 Å². The number of unbranched alkanes of at least 4 members (excludes halogenated alkanes) is 1. The molecule has 0 aliphatic rings. The predicted octanol–water partition coefficient (Wildman–Crippen LogP) is 1.17. The zero-order valence-electron chi connectivity index (χ0n) is 8.21. The molecule has 74 valence electrons. The van der Waals surface area contributed by atoms with Gasteiger partial charge in [-0.15, -0.1) is 0 Å². The van der Waals surface area contributed by atoms with Gasteiger partial charge in [0.05, 0.1) is 12.7 Å². The molecule has 0 saturated heterocycles. The second kappa shape index (κ2) is 8.97. The van der Waals surface area contributed by atoms with Crippen LogP contribution in [0.15, 0.2) is 0 Å². The Bertz CT molecular complexity index is 88.6. The second-order valence-electron chi connectivity index (χ2n) is 2.84. The highest BCUT2D eigenvalue weighted by atomic mass is 16.5. The summed E-state index contributed by atoms with van der Waals surface area (Å²) in [5, 5.41) is 0. The Kier molecular flexibility index (Phi) is 8.88. The highest BCUT2D eigenvalue weighted by Gasteiger charge is 2.00. The summed E-state index contributed by atoms with van der Waals surface area (Å²) < 4.78 is 10.7. The van der Waals surface area contributed by atoms with Crippen LogP contribution in [-0.4, -0.2) is 32.5 Å². The summed E-state index contributed by atoms with van der Waals surface area (Å²) in [5.74, 6) is 0. The van der Waals surface area contributed by atoms with Crippen molar-refractivity contribution in [3.05, 3.63) is 0 Å². The molecular weight excluding hydrogens is 154 g/mol. The van der Waals surface area contributed by atoms with Crippen LogP contribution in [0.5, 0.6) is 0 Å². The standard InChI is InChI=1S/C9H21NO2/c1-3-11-8-9(2)12-7-5-4-6-10/h9H,3-8,10H2,1-2H3. The van der Waals surface area contributed by atoms with Crippen molar-refractivity contribution in [2.24, 2.45) is 5.73 Å². The maximum absolute atomic E-state index is 5.47. The van der Waals surface area contributed by atoms with Gasteiger partial charge in [0.15, 0.2) is 0 Å². The Morgan fingerprint density at radius 3 is 2.67 bits per heavy atom. The maximum atomic E-state index is 5.47. The van der Waals surface area contributed by atoms with E-state index in [9.17, 15) is 0 Å². The van der Waals surface area contributed by atoms with E-state index in [1.165, 1.54) is 0 Å². The van der Waals surface area contributed by atoms with Crippen molar-refractivity contribution in [2.45, 2.75) is 32.8 Å². The minimum absolute atomic E-state index is 0.211. The molecule has 0 bridgehead atoms. The molecule has 3 nitrogen and oxygen atoms in total. The van der Waals surface area contributed by atoms with Crippen LogP contribution in [0.1, 0.15) is 26.7 Å². The van der Waals surface area contributed by atoms with Gasteiger partial charge >= 0.3 is 0 Å². The molecule has 12 heavy (non-hydrogen) atoms. The molecule has 0 saturated carbocycles. The van der Waals surface area contributed by atoms with Gasteiger partial charge in [-0.1, -0.05) is 0 Å². The number of hydrogen-bond donors (Lipinski definition) is 1. The summed E-state index contributed by atoms with van der Waals surface area (Å²) in [6.07, 6.45) is 2.30. The van der Waals surface area contributed by atoms with E-state index >= 15 is 0 Å². The van der Waals surface area contributed by atoms with Crippen molar-refractivity contribution in [3.8, 4) is 0 Å². The van der Waals surface area contributed by atoms with Crippen molar-refractivity contribution in [1.29, 1.82) is 0 Å². The van der Waals surface area contributed by atoms with Gasteiger partial charge in [-0.2, -0.15) is 0 Å². The third kappa shape index (κ3) is 7.98. The molecule has 0 fully saturated rings. The highest BCUT2D eigenvalue weighted by molar-refractivity contribution is 4.47. The molecular formula is C9H21NO2. The zero-order valence-corrected chi connectivity index (χ0v) is 8.21. The summed E-state index contributed by atoms with van der Waals surface area (Å²) in [6, 6.07) is 0. The van der Waals surface area contributed by atoms with E-state index in [-0.39, 0.29) is 6.10 Å². The Hall–Kier alpha value is -0.120. The Balaban J connectivity index is 3.02. The van der Waals surface area contributed by atoms with Crippen LogP contribution in [0.4, 0.5) is 0 Å². The van der Waals surface area contributed by atoms with E-state index in [1.807, 2.05) is 13.8 Å². The first-order valence-electron chi connectivity index (χ1n) is 4.70. The van der Waals surface area contributed by atoms with Crippen molar-refractivity contribution in [3.63, 3.8) is 0 Å². The van der Waals surface area contributed by atoms with E-state index in [0.29, 0.717) is 6.61 Å². The molecule has 0 radical (unpaired) electrons. The molecule has 0 aliphatic heterocycles. The summed E-state index contributed by atoms with van der Waals surface area (Å²) in [6.45, 7) is 7.02. The minimum atomic E-state index is 0.211. The average molecular weight is 175 g/mol. The fraction of sp³-hybridized carbons (Fsp3) is 1.00. The molecule has 1 unspecified atom stereocenters. The fourth-order valence-electron chi connectivity index (χ4n) is 0.863. The van der Waals surface area contributed by atoms with E-state index in [4.69, 9.17) is 15.2 Å². The third-order valence-corrected chi connectivity index (χ3v) is 1.56. The van der Waals surface area contributed by atoms with Gasteiger partial charge in [-0.25, -0.2) is 0 Å². The van der Waals surface area contributed by atoms with Crippen LogP contribution in [0.2, 0.25) is 0 Å². The van der Waals surface area contributed by atoms with E-state index in [1.54, 1.807) is 0 Å². The van der Waals surface area contributed by atoms with E-state index < -0.39 is 0 Å². The second-order valence-corrected chi connectivity index (χ2v) is 2.84. The molecule has 0 aromatic rings. The van der Waals surface area contributed by atoms with Crippen LogP contribution in [-0.2, 0) is 9.47 Å². The van der Waals surface area contributed by atoms with Crippen LogP contribution in [0.3, 0.4) is 0 Å². The summed E-state index contributed by atoms with van der Waals surface area (Å²) in [4.78, 5) is 0. The largest absolute Gasteiger partial charge is 0.379 e. The molecule has 0 spiro atoms. The molecule has 0 aromatic heterocycles. The number of ether oxygens (including phenoxy) is 2. The van der Waals surface area contributed by atoms with Crippen LogP contribution in [0.25, 0.3) is 0 Å². The van der Waals surface area contributed by atoms with Crippen molar-refractivity contribution in [2.75, 3.05) is 26.4 Å². The molecule has 0 rings (SSSR count). The van der Waals surface area contributed by atoms with Crippen LogP contribution < -0.4 is 5.73 Å². The number of hydrogen-bond acceptors (Lipinski definition) is 3. The molecule has 0 heterocycles. The first-order chi connectivity index (χ1) is 5.81. The quantitative estimate of drug-likeness (QED) is 0.563. The molecule has 0 amide bonds.